The molecule has 2 rings (SSSR count). The first-order valence-electron chi connectivity index (χ1n) is 6.60. The molecule has 6 heteroatoms. The highest BCUT2D eigenvalue weighted by atomic mass is 16.6. The summed E-state index contributed by atoms with van der Waals surface area (Å²) in [5.74, 6) is 0.168. The monoisotopic (exact) mass is 278 g/mol. The van der Waals surface area contributed by atoms with E-state index in [9.17, 15) is 9.59 Å². The molecule has 1 aromatic carbocycles. The van der Waals surface area contributed by atoms with Crippen molar-refractivity contribution in [2.45, 2.75) is 12.5 Å². The van der Waals surface area contributed by atoms with Gasteiger partial charge in [0.15, 0.2) is 0 Å². The van der Waals surface area contributed by atoms with Gasteiger partial charge in [0.25, 0.3) is 0 Å². The molecule has 1 fully saturated rings. The van der Waals surface area contributed by atoms with Gasteiger partial charge in [-0.15, -0.1) is 0 Å². The van der Waals surface area contributed by atoms with Crippen molar-refractivity contribution in [1.29, 1.82) is 0 Å². The zero-order valence-corrected chi connectivity index (χ0v) is 11.1. The van der Waals surface area contributed by atoms with E-state index in [0.717, 1.165) is 5.75 Å². The average Bonchev–Trinajstić information content (AvgIpc) is 2.47. The zero-order valence-electron chi connectivity index (χ0n) is 11.1. The maximum Gasteiger partial charge on any atom is 0.308 e. The number of benzene rings is 1. The minimum absolute atomic E-state index is 0.0389. The number of piperazine rings is 1. The molecule has 0 unspecified atom stereocenters. The fraction of sp³-hybridized carbons (Fsp3) is 0.429. The van der Waals surface area contributed by atoms with E-state index < -0.39 is 12.0 Å². The summed E-state index contributed by atoms with van der Waals surface area (Å²) in [6.45, 7) is 1.72. The molecule has 6 nitrogen and oxygen atoms in total. The summed E-state index contributed by atoms with van der Waals surface area (Å²) >= 11 is 0. The van der Waals surface area contributed by atoms with Crippen LogP contribution in [0.5, 0.6) is 5.75 Å². The number of carbonyl (C=O) groups excluding carboxylic acids is 2. The summed E-state index contributed by atoms with van der Waals surface area (Å²) in [5, 5.41) is 5.66. The second-order valence-electron chi connectivity index (χ2n) is 4.38. The first kappa shape index (κ1) is 14.3. The molecule has 0 saturated carbocycles. The lowest BCUT2D eigenvalue weighted by atomic mass is 10.1. The van der Waals surface area contributed by atoms with E-state index in [-0.39, 0.29) is 18.9 Å². The number of hydrogen-bond donors (Lipinski definition) is 2. The van der Waals surface area contributed by atoms with E-state index >= 15 is 0 Å². The molecule has 1 aromatic rings. The molecule has 2 N–H and O–H groups in total. The molecular formula is C14H18N2O4. The largest absolute Gasteiger partial charge is 0.490 e. The van der Waals surface area contributed by atoms with Crippen molar-refractivity contribution in [3.63, 3.8) is 0 Å². The highest BCUT2D eigenvalue weighted by molar-refractivity contribution is 5.87. The van der Waals surface area contributed by atoms with Crippen LogP contribution in [0.1, 0.15) is 6.42 Å². The van der Waals surface area contributed by atoms with Crippen molar-refractivity contribution < 1.29 is 19.1 Å². The van der Waals surface area contributed by atoms with Crippen LogP contribution in [-0.2, 0) is 14.3 Å². The van der Waals surface area contributed by atoms with E-state index in [1.807, 2.05) is 30.3 Å². The van der Waals surface area contributed by atoms with Crippen LogP contribution in [0, 0.1) is 0 Å². The number of carbonyl (C=O) groups is 2. The third-order valence-electron chi connectivity index (χ3n) is 2.86. The Labute approximate surface area is 117 Å². The molecule has 108 valence electrons. The molecule has 0 aromatic heterocycles. The summed E-state index contributed by atoms with van der Waals surface area (Å²) in [5.41, 5.74) is 0. The van der Waals surface area contributed by atoms with E-state index in [4.69, 9.17) is 9.47 Å². The number of amides is 1. The Balaban J connectivity index is 1.61. The van der Waals surface area contributed by atoms with E-state index in [0.29, 0.717) is 19.7 Å². The Morgan fingerprint density at radius 1 is 1.20 bits per heavy atom. The van der Waals surface area contributed by atoms with E-state index in [1.165, 1.54) is 0 Å². The minimum atomic E-state index is -0.494. The fourth-order valence-electron chi connectivity index (χ4n) is 1.87. The normalized spacial score (nSPS) is 18.2. The Bertz CT molecular complexity index is 450. The van der Waals surface area contributed by atoms with Crippen LogP contribution in [0.4, 0.5) is 0 Å². The topological polar surface area (TPSA) is 76.7 Å². The van der Waals surface area contributed by atoms with Gasteiger partial charge < -0.3 is 20.1 Å². The van der Waals surface area contributed by atoms with Gasteiger partial charge in [0.05, 0.1) is 12.5 Å². The predicted octanol–water partition coefficient (Wildman–Crippen LogP) is 0.0867. The third kappa shape index (κ3) is 4.55. The quantitative estimate of drug-likeness (QED) is 0.569. The number of rotatable bonds is 6. The second-order valence-corrected chi connectivity index (χ2v) is 4.38. The molecule has 0 spiro atoms. The van der Waals surface area contributed by atoms with Crippen molar-refractivity contribution in [2.24, 2.45) is 0 Å². The molecule has 1 amide bonds. The molecule has 20 heavy (non-hydrogen) atoms. The number of para-hydroxylation sites is 1. The Morgan fingerprint density at radius 3 is 2.75 bits per heavy atom. The summed E-state index contributed by atoms with van der Waals surface area (Å²) in [6.07, 6.45) is 0.0389. The lowest BCUT2D eigenvalue weighted by molar-refractivity contribution is -0.146. The molecule has 0 aliphatic carbocycles. The average molecular weight is 278 g/mol. The lowest BCUT2D eigenvalue weighted by Gasteiger charge is -2.22. The minimum Gasteiger partial charge on any atom is -0.490 e. The Morgan fingerprint density at radius 2 is 2.00 bits per heavy atom. The highest BCUT2D eigenvalue weighted by Crippen LogP contribution is 2.07. The van der Waals surface area contributed by atoms with Crippen molar-refractivity contribution in [3.8, 4) is 5.75 Å². The van der Waals surface area contributed by atoms with Crippen molar-refractivity contribution in [3.05, 3.63) is 30.3 Å². The first-order valence-corrected chi connectivity index (χ1v) is 6.60. The predicted molar refractivity (Wildman–Crippen MR) is 72.3 cm³/mol. The van der Waals surface area contributed by atoms with E-state index in [2.05, 4.69) is 10.6 Å². The van der Waals surface area contributed by atoms with Crippen LogP contribution in [0.25, 0.3) is 0 Å². The standard InChI is InChI=1S/C14H18N2O4/c17-13(10-12-14(18)16-7-6-15-12)20-9-8-19-11-4-2-1-3-5-11/h1-5,12,15H,6-10H2,(H,16,18)/t12-/m1/s1. The Kier molecular flexibility index (Phi) is 5.37. The maximum atomic E-state index is 11.6. The van der Waals surface area contributed by atoms with Crippen LogP contribution in [-0.4, -0.2) is 44.2 Å². The molecule has 1 aliphatic heterocycles. The van der Waals surface area contributed by atoms with Gasteiger partial charge in [-0.25, -0.2) is 0 Å². The molecule has 1 heterocycles. The molecular weight excluding hydrogens is 260 g/mol. The summed E-state index contributed by atoms with van der Waals surface area (Å²) in [4.78, 5) is 23.0. The molecule has 1 saturated heterocycles. The van der Waals surface area contributed by atoms with Crippen LogP contribution in [0.2, 0.25) is 0 Å². The van der Waals surface area contributed by atoms with Gasteiger partial charge in [0.2, 0.25) is 5.91 Å². The fourth-order valence-corrected chi connectivity index (χ4v) is 1.87. The molecule has 0 radical (unpaired) electrons. The maximum absolute atomic E-state index is 11.6. The number of nitrogens with one attached hydrogen (secondary N) is 2. The number of esters is 1. The highest BCUT2D eigenvalue weighted by Gasteiger charge is 2.24. The lowest BCUT2D eigenvalue weighted by Crippen LogP contribution is -2.53. The molecule has 0 bridgehead atoms. The third-order valence-corrected chi connectivity index (χ3v) is 2.86. The number of hydrogen-bond acceptors (Lipinski definition) is 5. The summed E-state index contributed by atoms with van der Waals surface area (Å²) < 4.78 is 10.4. The van der Waals surface area contributed by atoms with Gasteiger partial charge in [0, 0.05) is 13.1 Å². The molecule has 1 aliphatic rings. The van der Waals surface area contributed by atoms with E-state index in [1.54, 1.807) is 0 Å². The Hall–Kier alpha value is -2.08. The second kappa shape index (κ2) is 7.49. The van der Waals surface area contributed by atoms with Crippen LogP contribution in [0.3, 0.4) is 0 Å². The smallest absolute Gasteiger partial charge is 0.308 e. The van der Waals surface area contributed by atoms with Crippen LogP contribution in [0.15, 0.2) is 30.3 Å². The van der Waals surface area contributed by atoms with Crippen molar-refractivity contribution in [2.75, 3.05) is 26.3 Å². The first-order chi connectivity index (χ1) is 9.75. The van der Waals surface area contributed by atoms with Crippen molar-refractivity contribution >= 4 is 11.9 Å². The summed E-state index contributed by atoms with van der Waals surface area (Å²) in [6, 6.07) is 8.81. The van der Waals surface area contributed by atoms with Gasteiger partial charge in [-0.1, -0.05) is 18.2 Å². The van der Waals surface area contributed by atoms with Crippen LogP contribution < -0.4 is 15.4 Å². The zero-order chi connectivity index (χ0) is 14.2. The van der Waals surface area contributed by atoms with Gasteiger partial charge >= 0.3 is 5.97 Å². The SMILES string of the molecule is O=C(C[C@H]1NCCNC1=O)OCCOc1ccccc1. The van der Waals surface area contributed by atoms with Gasteiger partial charge in [-0.2, -0.15) is 0 Å². The molecule has 1 atom stereocenters. The van der Waals surface area contributed by atoms with Gasteiger partial charge in [-0.05, 0) is 12.1 Å². The van der Waals surface area contributed by atoms with Crippen LogP contribution >= 0.6 is 0 Å². The summed E-state index contributed by atoms with van der Waals surface area (Å²) in [7, 11) is 0. The number of ether oxygens (including phenoxy) is 2. The van der Waals surface area contributed by atoms with Gasteiger partial charge in [0.1, 0.15) is 19.0 Å². The van der Waals surface area contributed by atoms with Gasteiger partial charge in [-0.3, -0.25) is 9.59 Å². The van der Waals surface area contributed by atoms with Crippen molar-refractivity contribution in [1.82, 2.24) is 10.6 Å².